The maximum absolute atomic E-state index is 12.3. The smallest absolute Gasteiger partial charge is 0.468 e. The molecule has 0 unspecified atom stereocenters. The quantitative estimate of drug-likeness (QED) is 0.165. The van der Waals surface area contributed by atoms with Crippen molar-refractivity contribution in [3.05, 3.63) is 23.8 Å². The topological polar surface area (TPSA) is 136 Å². The summed E-state index contributed by atoms with van der Waals surface area (Å²) in [6.45, 7) is 6.19. The van der Waals surface area contributed by atoms with Crippen molar-refractivity contribution in [1.82, 2.24) is 5.32 Å². The van der Waals surface area contributed by atoms with Crippen molar-refractivity contribution in [3.63, 3.8) is 0 Å². The highest BCUT2D eigenvalue weighted by molar-refractivity contribution is 5.76. The van der Waals surface area contributed by atoms with Gasteiger partial charge in [0.1, 0.15) is 12.6 Å². The van der Waals surface area contributed by atoms with Gasteiger partial charge >= 0.3 is 24.2 Å². The van der Waals surface area contributed by atoms with E-state index in [4.69, 9.17) is 28.4 Å². The zero-order valence-electron chi connectivity index (χ0n) is 20.8. The molecule has 1 atom stereocenters. The molecule has 11 nitrogen and oxygen atoms in total. The van der Waals surface area contributed by atoms with E-state index in [-0.39, 0.29) is 50.3 Å². The van der Waals surface area contributed by atoms with Gasteiger partial charge in [-0.25, -0.2) is 9.59 Å². The number of nitrogens with one attached hydrogen (secondary N) is 1. The van der Waals surface area contributed by atoms with Crippen LogP contribution in [-0.4, -0.2) is 63.8 Å². The van der Waals surface area contributed by atoms with Crippen molar-refractivity contribution in [3.8, 4) is 11.5 Å². The van der Waals surface area contributed by atoms with Crippen LogP contribution in [-0.2, 0) is 35.0 Å². The number of benzene rings is 1. The average Bonchev–Trinajstić information content (AvgIpc) is 2.84. The maximum Gasteiger partial charge on any atom is 0.513 e. The van der Waals surface area contributed by atoms with E-state index in [1.807, 2.05) is 20.8 Å². The van der Waals surface area contributed by atoms with Crippen molar-refractivity contribution >= 4 is 24.2 Å². The predicted octanol–water partition coefficient (Wildman–Crippen LogP) is 3.55. The first-order valence-corrected chi connectivity index (χ1v) is 11.6. The molecular weight excluding hydrogens is 462 g/mol. The first-order valence-electron chi connectivity index (χ1n) is 11.6. The molecule has 0 heterocycles. The molecule has 1 N–H and O–H groups in total. The fourth-order valence-corrected chi connectivity index (χ4v) is 2.74. The van der Waals surface area contributed by atoms with Gasteiger partial charge in [0.05, 0.1) is 20.3 Å². The molecule has 0 saturated heterocycles. The lowest BCUT2D eigenvalue weighted by atomic mass is 10.1. The molecule has 1 rings (SSSR count). The maximum atomic E-state index is 12.3. The summed E-state index contributed by atoms with van der Waals surface area (Å²) in [7, 11) is 1.26. The van der Waals surface area contributed by atoms with Crippen LogP contribution in [0, 0.1) is 0 Å². The molecule has 0 aliphatic heterocycles. The minimum Gasteiger partial charge on any atom is -0.468 e. The molecule has 35 heavy (non-hydrogen) atoms. The van der Waals surface area contributed by atoms with Crippen LogP contribution in [0.2, 0.25) is 0 Å². The largest absolute Gasteiger partial charge is 0.513 e. The Kier molecular flexibility index (Phi) is 14.5. The summed E-state index contributed by atoms with van der Waals surface area (Å²) in [4.78, 5) is 47.6. The Bertz CT molecular complexity index is 827. The van der Waals surface area contributed by atoms with Crippen molar-refractivity contribution in [1.29, 1.82) is 0 Å². The molecular formula is C24H35NO10. The van der Waals surface area contributed by atoms with E-state index in [1.165, 1.54) is 19.2 Å². The number of methoxy groups -OCH3 is 1. The SMILES string of the molecule is CCCOC(=O)Oc1ccc(C[C@H](NCCOC(=O)CCC)C(=O)OC)cc1OC(=O)OCCC. The third kappa shape index (κ3) is 12.1. The molecule has 0 aliphatic carbocycles. The molecule has 0 amide bonds. The third-order valence-electron chi connectivity index (χ3n) is 4.38. The Morgan fingerprint density at radius 3 is 2.03 bits per heavy atom. The second-order valence-corrected chi connectivity index (χ2v) is 7.39. The van der Waals surface area contributed by atoms with Crippen LogP contribution in [0.4, 0.5) is 9.59 Å². The highest BCUT2D eigenvalue weighted by Crippen LogP contribution is 2.30. The van der Waals surface area contributed by atoms with Gasteiger partial charge in [-0.1, -0.05) is 26.8 Å². The minimum absolute atomic E-state index is 0.0475. The lowest BCUT2D eigenvalue weighted by Gasteiger charge is -2.18. The number of esters is 2. The summed E-state index contributed by atoms with van der Waals surface area (Å²) in [6.07, 6.45) is 0.456. The zero-order valence-corrected chi connectivity index (χ0v) is 20.8. The minimum atomic E-state index is -0.965. The summed E-state index contributed by atoms with van der Waals surface area (Å²) in [5.74, 6) is -0.963. The Morgan fingerprint density at radius 2 is 1.46 bits per heavy atom. The second-order valence-electron chi connectivity index (χ2n) is 7.39. The first kappa shape index (κ1) is 29.7. The molecule has 0 spiro atoms. The fraction of sp³-hybridized carbons (Fsp3) is 0.583. The van der Waals surface area contributed by atoms with Crippen LogP contribution in [0.5, 0.6) is 11.5 Å². The summed E-state index contributed by atoms with van der Waals surface area (Å²) < 4.78 is 30.2. The Balaban J connectivity index is 2.96. The van der Waals surface area contributed by atoms with Crippen molar-refractivity contribution in [2.24, 2.45) is 0 Å². The number of ether oxygens (including phenoxy) is 6. The number of carbonyl (C=O) groups is 4. The van der Waals surface area contributed by atoms with E-state index in [0.29, 0.717) is 31.2 Å². The van der Waals surface area contributed by atoms with E-state index < -0.39 is 24.3 Å². The fourth-order valence-electron chi connectivity index (χ4n) is 2.74. The van der Waals surface area contributed by atoms with E-state index >= 15 is 0 Å². The molecule has 0 radical (unpaired) electrons. The number of rotatable bonds is 15. The molecule has 1 aromatic rings. The number of hydrogen-bond acceptors (Lipinski definition) is 11. The van der Waals surface area contributed by atoms with Crippen LogP contribution in [0.1, 0.15) is 52.0 Å². The molecule has 0 bridgehead atoms. The summed E-state index contributed by atoms with van der Waals surface area (Å²) in [5, 5.41) is 2.98. The number of hydrogen-bond donors (Lipinski definition) is 1. The monoisotopic (exact) mass is 497 g/mol. The first-order chi connectivity index (χ1) is 16.8. The Hall–Kier alpha value is -3.34. The lowest BCUT2D eigenvalue weighted by molar-refractivity contribution is -0.144. The van der Waals surface area contributed by atoms with E-state index in [1.54, 1.807) is 6.07 Å². The van der Waals surface area contributed by atoms with Crippen molar-refractivity contribution in [2.45, 2.75) is 58.9 Å². The molecule has 1 aromatic carbocycles. The summed E-state index contributed by atoms with van der Waals surface area (Å²) in [6, 6.07) is 3.71. The normalized spacial score (nSPS) is 11.2. The molecule has 0 fully saturated rings. The van der Waals surface area contributed by atoms with Gasteiger partial charge in [0, 0.05) is 13.0 Å². The van der Waals surface area contributed by atoms with Crippen molar-refractivity contribution < 1.29 is 47.6 Å². The van der Waals surface area contributed by atoms with Gasteiger partial charge in [-0.05, 0) is 43.4 Å². The van der Waals surface area contributed by atoms with Gasteiger partial charge in [0.2, 0.25) is 0 Å². The second kappa shape index (κ2) is 17.1. The van der Waals surface area contributed by atoms with Crippen LogP contribution in [0.15, 0.2) is 18.2 Å². The van der Waals surface area contributed by atoms with E-state index in [9.17, 15) is 19.2 Å². The van der Waals surface area contributed by atoms with Gasteiger partial charge in [-0.2, -0.15) is 0 Å². The van der Waals surface area contributed by atoms with Gasteiger partial charge in [-0.3, -0.25) is 9.59 Å². The molecule has 0 saturated carbocycles. The van der Waals surface area contributed by atoms with Gasteiger partial charge in [0.15, 0.2) is 11.5 Å². The summed E-state index contributed by atoms with van der Waals surface area (Å²) in [5.41, 5.74) is 0.573. The highest BCUT2D eigenvalue weighted by Gasteiger charge is 2.22. The third-order valence-corrected chi connectivity index (χ3v) is 4.38. The molecule has 11 heteroatoms. The van der Waals surface area contributed by atoms with E-state index in [2.05, 4.69) is 5.32 Å². The van der Waals surface area contributed by atoms with Crippen LogP contribution >= 0.6 is 0 Å². The molecule has 0 aliphatic rings. The van der Waals surface area contributed by atoms with Crippen molar-refractivity contribution in [2.75, 3.05) is 33.5 Å². The van der Waals surface area contributed by atoms with Crippen LogP contribution in [0.3, 0.4) is 0 Å². The van der Waals surface area contributed by atoms with Gasteiger partial charge in [-0.15, -0.1) is 0 Å². The average molecular weight is 498 g/mol. The Labute approximate surface area is 205 Å². The predicted molar refractivity (Wildman–Crippen MR) is 124 cm³/mol. The summed E-state index contributed by atoms with van der Waals surface area (Å²) >= 11 is 0. The van der Waals surface area contributed by atoms with Crippen LogP contribution < -0.4 is 14.8 Å². The Morgan fingerprint density at radius 1 is 0.829 bits per heavy atom. The standard InChI is InChI=1S/C24H35NO10/c1-5-8-21(26)31-14-11-25-18(22(27)30-4)15-17-9-10-19(34-23(28)32-12-6-2)20(16-17)35-24(29)33-13-7-3/h9-10,16,18,25H,5-8,11-15H2,1-4H3/t18-/m0/s1. The van der Waals surface area contributed by atoms with Gasteiger partial charge < -0.3 is 33.7 Å². The highest BCUT2D eigenvalue weighted by atomic mass is 16.7. The van der Waals surface area contributed by atoms with Gasteiger partial charge in [0.25, 0.3) is 0 Å². The van der Waals surface area contributed by atoms with Crippen LogP contribution in [0.25, 0.3) is 0 Å². The lowest BCUT2D eigenvalue weighted by Crippen LogP contribution is -2.41. The number of carbonyl (C=O) groups excluding carboxylic acids is 4. The zero-order chi connectivity index (χ0) is 26.1. The molecule has 0 aromatic heterocycles. The van der Waals surface area contributed by atoms with E-state index in [0.717, 1.165) is 0 Å². The molecule has 196 valence electrons.